The molecule has 6 amide bonds. The Bertz CT molecular complexity index is 790. The van der Waals surface area contributed by atoms with Crippen LogP contribution in [0.5, 0.6) is 0 Å². The zero-order chi connectivity index (χ0) is 27.3. The van der Waals surface area contributed by atoms with Gasteiger partial charge in [-0.1, -0.05) is 38.5 Å². The minimum Gasteiger partial charge on any atom is -0.347 e. The van der Waals surface area contributed by atoms with E-state index >= 15 is 0 Å². The Kier molecular flexibility index (Phi) is 11.8. The van der Waals surface area contributed by atoms with Crippen LogP contribution in [0, 0.1) is 23.7 Å². The lowest BCUT2D eigenvalue weighted by Gasteiger charge is -2.27. The first-order valence-corrected chi connectivity index (χ1v) is 14.1. The van der Waals surface area contributed by atoms with Crippen molar-refractivity contribution in [2.75, 3.05) is 13.1 Å². The molecule has 3 aliphatic rings. The van der Waals surface area contributed by atoms with Gasteiger partial charge in [0.2, 0.25) is 23.6 Å². The van der Waals surface area contributed by atoms with Crippen LogP contribution >= 0.6 is 0 Å². The van der Waals surface area contributed by atoms with Crippen molar-refractivity contribution in [3.63, 3.8) is 0 Å². The molecule has 3 rings (SSSR count). The fourth-order valence-corrected chi connectivity index (χ4v) is 5.53. The second-order valence-electron chi connectivity index (χ2n) is 10.7. The molecule has 3 fully saturated rings. The quantitative estimate of drug-likeness (QED) is 0.247. The van der Waals surface area contributed by atoms with Gasteiger partial charge in [-0.15, -0.1) is 0 Å². The summed E-state index contributed by atoms with van der Waals surface area (Å²) in [7, 11) is 0. The first-order chi connectivity index (χ1) is 18.3. The summed E-state index contributed by atoms with van der Waals surface area (Å²) in [6, 6.07) is 0. The molecule has 0 aliphatic heterocycles. The second kappa shape index (κ2) is 15.3. The van der Waals surface area contributed by atoms with Crippen LogP contribution in [0.15, 0.2) is 0 Å². The lowest BCUT2D eigenvalue weighted by molar-refractivity contribution is -0.135. The molecule has 0 atom stereocenters. The van der Waals surface area contributed by atoms with Gasteiger partial charge >= 0.3 is 0 Å². The summed E-state index contributed by atoms with van der Waals surface area (Å²) < 4.78 is 0. The van der Waals surface area contributed by atoms with E-state index in [2.05, 4.69) is 32.3 Å². The van der Waals surface area contributed by atoms with Crippen molar-refractivity contribution in [2.45, 2.75) is 89.9 Å². The van der Waals surface area contributed by atoms with Crippen LogP contribution in [0.2, 0.25) is 0 Å². The molecule has 3 saturated carbocycles. The van der Waals surface area contributed by atoms with Crippen LogP contribution in [0.3, 0.4) is 0 Å². The number of carbonyl (C=O) groups is 6. The standard InChI is InChI=1S/C26H42N6O6/c33-21(15-27-23(35)17-7-3-1-4-8-17)29-31-25(37)19-11-13-20(14-12-19)26(38)32-30-22(34)16-28-24(36)18-9-5-2-6-10-18/h17-20H,1-16H2,(H,27,35)(H,28,36)(H,29,33)(H,30,34)(H,31,37)(H,32,38). The molecule has 212 valence electrons. The molecule has 0 aromatic heterocycles. The van der Waals surface area contributed by atoms with Crippen molar-refractivity contribution in [2.24, 2.45) is 23.7 Å². The number of amides is 6. The highest BCUT2D eigenvalue weighted by Gasteiger charge is 2.30. The molecular formula is C26H42N6O6. The Morgan fingerprint density at radius 2 is 0.711 bits per heavy atom. The van der Waals surface area contributed by atoms with E-state index in [4.69, 9.17) is 0 Å². The zero-order valence-electron chi connectivity index (χ0n) is 22.1. The number of hydrogen-bond acceptors (Lipinski definition) is 6. The van der Waals surface area contributed by atoms with E-state index in [9.17, 15) is 28.8 Å². The predicted octanol–water partition coefficient (Wildman–Crippen LogP) is 0.481. The molecule has 38 heavy (non-hydrogen) atoms. The highest BCUT2D eigenvalue weighted by molar-refractivity contribution is 5.89. The highest BCUT2D eigenvalue weighted by Crippen LogP contribution is 2.29. The minimum absolute atomic E-state index is 0.0426. The molecule has 0 saturated heterocycles. The monoisotopic (exact) mass is 534 g/mol. The van der Waals surface area contributed by atoms with E-state index in [1.54, 1.807) is 0 Å². The molecule has 0 bridgehead atoms. The van der Waals surface area contributed by atoms with Crippen LogP contribution in [-0.4, -0.2) is 48.5 Å². The molecular weight excluding hydrogens is 492 g/mol. The number of hydrazine groups is 2. The van der Waals surface area contributed by atoms with E-state index in [0.29, 0.717) is 25.7 Å². The van der Waals surface area contributed by atoms with Gasteiger partial charge in [0.15, 0.2) is 0 Å². The Morgan fingerprint density at radius 1 is 0.395 bits per heavy atom. The van der Waals surface area contributed by atoms with Crippen LogP contribution in [-0.2, 0) is 28.8 Å². The smallest absolute Gasteiger partial charge is 0.257 e. The van der Waals surface area contributed by atoms with Crippen LogP contribution < -0.4 is 32.3 Å². The van der Waals surface area contributed by atoms with Crippen LogP contribution in [0.4, 0.5) is 0 Å². The molecule has 0 aromatic carbocycles. The summed E-state index contributed by atoms with van der Waals surface area (Å²) in [5.74, 6) is -2.69. The summed E-state index contributed by atoms with van der Waals surface area (Å²) >= 11 is 0. The zero-order valence-corrected chi connectivity index (χ0v) is 22.1. The fourth-order valence-electron chi connectivity index (χ4n) is 5.53. The maximum absolute atomic E-state index is 12.4. The number of carbonyl (C=O) groups excluding carboxylic acids is 6. The normalized spacial score (nSPS) is 22.4. The van der Waals surface area contributed by atoms with Crippen molar-refractivity contribution in [3.05, 3.63) is 0 Å². The van der Waals surface area contributed by atoms with Crippen molar-refractivity contribution in [3.8, 4) is 0 Å². The van der Waals surface area contributed by atoms with Gasteiger partial charge in [0, 0.05) is 23.7 Å². The lowest BCUT2D eigenvalue weighted by Crippen LogP contribution is -2.50. The van der Waals surface area contributed by atoms with Crippen molar-refractivity contribution in [1.29, 1.82) is 0 Å². The van der Waals surface area contributed by atoms with E-state index in [0.717, 1.165) is 64.2 Å². The summed E-state index contributed by atoms with van der Waals surface area (Å²) in [5, 5.41) is 5.25. The average molecular weight is 535 g/mol. The third kappa shape index (κ3) is 9.60. The Labute approximate surface area is 223 Å². The summed E-state index contributed by atoms with van der Waals surface area (Å²) in [4.78, 5) is 73.1. The van der Waals surface area contributed by atoms with E-state index in [1.165, 1.54) is 0 Å². The van der Waals surface area contributed by atoms with Gasteiger partial charge in [-0.05, 0) is 51.4 Å². The Morgan fingerprint density at radius 3 is 1.05 bits per heavy atom. The molecule has 0 heterocycles. The number of nitrogens with one attached hydrogen (secondary N) is 6. The maximum Gasteiger partial charge on any atom is 0.257 e. The van der Waals surface area contributed by atoms with E-state index in [-0.39, 0.29) is 60.4 Å². The van der Waals surface area contributed by atoms with E-state index < -0.39 is 11.8 Å². The predicted molar refractivity (Wildman–Crippen MR) is 137 cm³/mol. The molecule has 0 spiro atoms. The first kappa shape index (κ1) is 29.4. The lowest BCUT2D eigenvalue weighted by atomic mass is 9.81. The first-order valence-electron chi connectivity index (χ1n) is 14.1. The van der Waals surface area contributed by atoms with Gasteiger partial charge in [0.25, 0.3) is 11.8 Å². The molecule has 0 radical (unpaired) electrons. The largest absolute Gasteiger partial charge is 0.347 e. The van der Waals surface area contributed by atoms with Crippen molar-refractivity contribution < 1.29 is 28.8 Å². The third-order valence-corrected chi connectivity index (χ3v) is 7.92. The molecule has 12 heteroatoms. The van der Waals surface area contributed by atoms with Crippen molar-refractivity contribution >= 4 is 35.4 Å². The van der Waals surface area contributed by atoms with Gasteiger partial charge in [-0.2, -0.15) is 0 Å². The molecule has 6 N–H and O–H groups in total. The average Bonchev–Trinajstić information content (AvgIpc) is 2.97. The molecule has 3 aliphatic carbocycles. The van der Waals surface area contributed by atoms with Gasteiger partial charge in [-0.3, -0.25) is 50.5 Å². The third-order valence-electron chi connectivity index (χ3n) is 7.92. The molecule has 0 aromatic rings. The van der Waals surface area contributed by atoms with Crippen molar-refractivity contribution in [1.82, 2.24) is 32.3 Å². The fraction of sp³-hybridized carbons (Fsp3) is 0.769. The summed E-state index contributed by atoms with van der Waals surface area (Å²) in [6.07, 6.45) is 11.6. The van der Waals surface area contributed by atoms with Gasteiger partial charge in [0.1, 0.15) is 0 Å². The van der Waals surface area contributed by atoms with Crippen LogP contribution in [0.25, 0.3) is 0 Å². The van der Waals surface area contributed by atoms with Gasteiger partial charge in [0.05, 0.1) is 13.1 Å². The maximum atomic E-state index is 12.4. The summed E-state index contributed by atoms with van der Waals surface area (Å²) in [6.45, 7) is -0.392. The van der Waals surface area contributed by atoms with Gasteiger partial charge in [-0.25, -0.2) is 0 Å². The summed E-state index contributed by atoms with van der Waals surface area (Å²) in [5.41, 5.74) is 9.48. The minimum atomic E-state index is -0.499. The molecule has 12 nitrogen and oxygen atoms in total. The topological polar surface area (TPSA) is 175 Å². The number of rotatable bonds is 8. The Balaban J connectivity index is 1.25. The number of hydrogen-bond donors (Lipinski definition) is 6. The van der Waals surface area contributed by atoms with E-state index in [1.807, 2.05) is 0 Å². The second-order valence-corrected chi connectivity index (χ2v) is 10.7. The Hall–Kier alpha value is -3.18. The van der Waals surface area contributed by atoms with Gasteiger partial charge < -0.3 is 10.6 Å². The van der Waals surface area contributed by atoms with Crippen LogP contribution in [0.1, 0.15) is 89.9 Å². The highest BCUT2D eigenvalue weighted by atomic mass is 16.2. The molecule has 0 unspecified atom stereocenters. The SMILES string of the molecule is O=C(CNC(=O)C1CCCCC1)NNC(=O)C1CCC(C(=O)NNC(=O)CNC(=O)C2CCCCC2)CC1.